The Hall–Kier alpha value is -3.25. The molecule has 0 atom stereocenters. The van der Waals surface area contributed by atoms with E-state index in [2.05, 4.69) is 15.9 Å². The van der Waals surface area contributed by atoms with E-state index < -0.39 is 5.97 Å². The molecule has 158 valence electrons. The van der Waals surface area contributed by atoms with Crippen LogP contribution in [0, 0.1) is 0 Å². The topological polar surface area (TPSA) is 49.7 Å². The number of methoxy groups -OCH3 is 1. The minimum Gasteiger partial charge on any atom is -0.496 e. The molecule has 0 saturated heterocycles. The maximum absolute atomic E-state index is 13.1. The Labute approximate surface area is 189 Å². The van der Waals surface area contributed by atoms with Crippen molar-refractivity contribution in [3.8, 4) is 17.2 Å². The third-order valence-corrected chi connectivity index (χ3v) is 5.57. The molecule has 1 heterocycles. The highest BCUT2D eigenvalue weighted by atomic mass is 79.9. The molecule has 4 rings (SSSR count). The number of para-hydroxylation sites is 2. The van der Waals surface area contributed by atoms with Gasteiger partial charge in [0.25, 0.3) is 0 Å². The van der Waals surface area contributed by atoms with Crippen molar-refractivity contribution >= 4 is 32.8 Å². The Bertz CT molecular complexity index is 1200. The van der Waals surface area contributed by atoms with E-state index in [1.165, 1.54) is 0 Å². The molecule has 0 aliphatic carbocycles. The van der Waals surface area contributed by atoms with Crippen LogP contribution in [0.5, 0.6) is 11.5 Å². The molecule has 0 spiro atoms. The van der Waals surface area contributed by atoms with E-state index in [9.17, 15) is 4.79 Å². The fourth-order valence-corrected chi connectivity index (χ4v) is 4.10. The first kappa shape index (κ1) is 21.0. The number of ether oxygens (including phenoxy) is 3. The molecule has 0 amide bonds. The van der Waals surface area contributed by atoms with Crippen molar-refractivity contribution in [2.45, 2.75) is 13.5 Å². The minimum absolute atomic E-state index is 0.196. The number of esters is 1. The van der Waals surface area contributed by atoms with E-state index in [0.29, 0.717) is 17.0 Å². The molecule has 31 heavy (non-hydrogen) atoms. The number of hydrogen-bond acceptors (Lipinski definition) is 4. The zero-order valence-corrected chi connectivity index (χ0v) is 18.9. The summed E-state index contributed by atoms with van der Waals surface area (Å²) in [6.45, 7) is 2.27. The van der Waals surface area contributed by atoms with E-state index in [4.69, 9.17) is 14.2 Å². The number of carbonyl (C=O) groups is 1. The molecule has 0 fully saturated rings. The smallest absolute Gasteiger partial charge is 0.340 e. The van der Waals surface area contributed by atoms with Crippen molar-refractivity contribution < 1.29 is 19.0 Å². The summed E-state index contributed by atoms with van der Waals surface area (Å²) in [4.78, 5) is 13.1. The summed E-state index contributed by atoms with van der Waals surface area (Å²) < 4.78 is 19.8. The Morgan fingerprint density at radius 3 is 2.32 bits per heavy atom. The summed E-state index contributed by atoms with van der Waals surface area (Å²) in [5.74, 6) is 0.970. The minimum atomic E-state index is -0.391. The molecule has 0 aliphatic heterocycles. The number of fused-ring (bicyclic) bond motifs is 1. The molecule has 0 bridgehead atoms. The van der Waals surface area contributed by atoms with E-state index >= 15 is 0 Å². The zero-order chi connectivity index (χ0) is 21.8. The van der Waals surface area contributed by atoms with E-state index in [1.54, 1.807) is 14.0 Å². The first-order valence-electron chi connectivity index (χ1n) is 9.95. The highest BCUT2D eigenvalue weighted by Gasteiger charge is 2.26. The third kappa shape index (κ3) is 4.16. The van der Waals surface area contributed by atoms with Crippen LogP contribution in [-0.2, 0) is 11.3 Å². The molecule has 6 heteroatoms. The van der Waals surface area contributed by atoms with Gasteiger partial charge in [-0.25, -0.2) is 4.79 Å². The van der Waals surface area contributed by atoms with Gasteiger partial charge in [0.2, 0.25) is 0 Å². The van der Waals surface area contributed by atoms with Gasteiger partial charge in [-0.2, -0.15) is 0 Å². The van der Waals surface area contributed by atoms with E-state index in [0.717, 1.165) is 26.8 Å². The number of benzene rings is 3. The number of aromatic nitrogens is 1. The van der Waals surface area contributed by atoms with Crippen LogP contribution in [0.2, 0.25) is 0 Å². The number of carbonyl (C=O) groups excluding carboxylic acids is 1. The maximum Gasteiger partial charge on any atom is 0.340 e. The Morgan fingerprint density at radius 1 is 1.00 bits per heavy atom. The molecule has 0 saturated carbocycles. The monoisotopic (exact) mass is 479 g/mol. The van der Waals surface area contributed by atoms with Crippen molar-refractivity contribution in [1.29, 1.82) is 0 Å². The second-order valence-electron chi connectivity index (χ2n) is 6.82. The lowest BCUT2D eigenvalue weighted by atomic mass is 10.1. The standard InChI is InChI=1S/C25H22BrNO4/c1-3-30-25(28)24-19-14-23(29-2)20(26)15-21(19)27(17-10-6-4-7-11-17)22(24)16-31-18-12-8-5-9-13-18/h4-15H,3,16H2,1-2H3. The third-order valence-electron chi connectivity index (χ3n) is 4.95. The van der Waals surface area contributed by atoms with Gasteiger partial charge < -0.3 is 18.8 Å². The van der Waals surface area contributed by atoms with Gasteiger partial charge in [0.1, 0.15) is 18.1 Å². The highest BCUT2D eigenvalue weighted by molar-refractivity contribution is 9.10. The van der Waals surface area contributed by atoms with Gasteiger partial charge in [-0.1, -0.05) is 36.4 Å². The van der Waals surface area contributed by atoms with Crippen LogP contribution in [0.4, 0.5) is 0 Å². The van der Waals surface area contributed by atoms with Gasteiger partial charge >= 0.3 is 5.97 Å². The first-order valence-corrected chi connectivity index (χ1v) is 10.7. The van der Waals surface area contributed by atoms with Crippen LogP contribution in [-0.4, -0.2) is 24.3 Å². The van der Waals surface area contributed by atoms with Gasteiger partial charge in [0.15, 0.2) is 0 Å². The lowest BCUT2D eigenvalue weighted by molar-refractivity contribution is 0.0525. The van der Waals surface area contributed by atoms with Crippen LogP contribution in [0.15, 0.2) is 77.3 Å². The summed E-state index contributed by atoms with van der Waals surface area (Å²) in [6.07, 6.45) is 0. The first-order chi connectivity index (χ1) is 15.1. The van der Waals surface area contributed by atoms with Crippen LogP contribution >= 0.6 is 15.9 Å². The van der Waals surface area contributed by atoms with Gasteiger partial charge in [-0.15, -0.1) is 0 Å². The fourth-order valence-electron chi connectivity index (χ4n) is 3.61. The largest absolute Gasteiger partial charge is 0.496 e. The van der Waals surface area contributed by atoms with Crippen molar-refractivity contribution in [2.75, 3.05) is 13.7 Å². The van der Waals surface area contributed by atoms with Crippen LogP contribution in [0.3, 0.4) is 0 Å². The van der Waals surface area contributed by atoms with Gasteiger partial charge in [0, 0.05) is 11.1 Å². The van der Waals surface area contributed by atoms with Crippen molar-refractivity contribution in [3.63, 3.8) is 0 Å². The quantitative estimate of drug-likeness (QED) is 0.298. The molecule has 0 aliphatic rings. The van der Waals surface area contributed by atoms with Gasteiger partial charge in [-0.05, 0) is 59.3 Å². The Kier molecular flexibility index (Phi) is 6.28. The average Bonchev–Trinajstić information content (AvgIpc) is 3.11. The molecule has 3 aromatic carbocycles. The number of nitrogens with zero attached hydrogens (tertiary/aromatic N) is 1. The Morgan fingerprint density at radius 2 is 1.68 bits per heavy atom. The molecule has 0 unspecified atom stereocenters. The summed E-state index contributed by atoms with van der Waals surface area (Å²) >= 11 is 3.58. The average molecular weight is 480 g/mol. The maximum atomic E-state index is 13.1. The second kappa shape index (κ2) is 9.27. The van der Waals surface area contributed by atoms with E-state index in [1.807, 2.05) is 77.4 Å². The van der Waals surface area contributed by atoms with Crippen molar-refractivity contribution in [3.05, 3.63) is 88.5 Å². The number of rotatable bonds is 7. The molecule has 1 aromatic heterocycles. The predicted octanol–water partition coefficient (Wildman–Crippen LogP) is 6.16. The van der Waals surface area contributed by atoms with Crippen LogP contribution < -0.4 is 9.47 Å². The SMILES string of the molecule is CCOC(=O)c1c(COc2ccccc2)n(-c2ccccc2)c2cc(Br)c(OC)cc12. The predicted molar refractivity (Wildman–Crippen MR) is 124 cm³/mol. The summed E-state index contributed by atoms with van der Waals surface area (Å²) in [5, 5.41) is 0.744. The lowest BCUT2D eigenvalue weighted by Gasteiger charge is -2.13. The van der Waals surface area contributed by atoms with Crippen LogP contribution in [0.1, 0.15) is 23.0 Å². The van der Waals surface area contributed by atoms with Crippen molar-refractivity contribution in [2.24, 2.45) is 0 Å². The second-order valence-corrected chi connectivity index (χ2v) is 7.67. The molecular formula is C25H22BrNO4. The molecule has 5 nitrogen and oxygen atoms in total. The van der Waals surface area contributed by atoms with Gasteiger partial charge in [-0.3, -0.25) is 0 Å². The highest BCUT2D eigenvalue weighted by Crippen LogP contribution is 2.37. The normalized spacial score (nSPS) is 10.8. The summed E-state index contributed by atoms with van der Waals surface area (Å²) in [6, 6.07) is 23.2. The van der Waals surface area contributed by atoms with Crippen molar-refractivity contribution in [1.82, 2.24) is 4.57 Å². The molecule has 0 radical (unpaired) electrons. The number of halogens is 1. The van der Waals surface area contributed by atoms with E-state index in [-0.39, 0.29) is 13.2 Å². The summed E-state index contributed by atoms with van der Waals surface area (Å²) in [7, 11) is 1.60. The molecular weight excluding hydrogens is 458 g/mol. The van der Waals surface area contributed by atoms with Crippen LogP contribution in [0.25, 0.3) is 16.6 Å². The molecule has 0 N–H and O–H groups in total. The van der Waals surface area contributed by atoms with Gasteiger partial charge in [0.05, 0.1) is 35.0 Å². The molecule has 4 aromatic rings. The fraction of sp³-hybridized carbons (Fsp3) is 0.160. The zero-order valence-electron chi connectivity index (χ0n) is 17.3. The number of hydrogen-bond donors (Lipinski definition) is 0. The Balaban J connectivity index is 1.98. The lowest BCUT2D eigenvalue weighted by Crippen LogP contribution is -2.12. The summed E-state index contributed by atoms with van der Waals surface area (Å²) in [5.41, 5.74) is 2.96.